The number of likely N-dealkylation sites (tertiary alicyclic amines) is 1. The number of carbonyl (C=O) groups excluding carboxylic acids is 1. The van der Waals surface area contributed by atoms with Crippen LogP contribution in [0.25, 0.3) is 0 Å². The van der Waals surface area contributed by atoms with E-state index in [1.165, 1.54) is 0 Å². The highest BCUT2D eigenvalue weighted by Crippen LogP contribution is 2.19. The normalized spacial score (nSPS) is 17.2. The summed E-state index contributed by atoms with van der Waals surface area (Å²) in [5.74, 6) is 0. The predicted molar refractivity (Wildman–Crippen MR) is 81.0 cm³/mol. The van der Waals surface area contributed by atoms with Crippen molar-refractivity contribution in [3.05, 3.63) is 35.9 Å². The van der Waals surface area contributed by atoms with Crippen LogP contribution >= 0.6 is 0 Å². The van der Waals surface area contributed by atoms with Crippen molar-refractivity contribution < 1.29 is 14.6 Å². The molecule has 0 bridgehead atoms. The van der Waals surface area contributed by atoms with Gasteiger partial charge in [0.1, 0.15) is 5.60 Å². The quantitative estimate of drug-likeness (QED) is 0.890. The van der Waals surface area contributed by atoms with Gasteiger partial charge in [-0.25, -0.2) is 4.79 Å². The van der Waals surface area contributed by atoms with Crippen LogP contribution in [-0.2, 0) is 4.74 Å². The molecule has 1 fully saturated rings. The van der Waals surface area contributed by atoms with E-state index in [0.717, 1.165) is 5.56 Å². The van der Waals surface area contributed by atoms with Crippen LogP contribution in [0.4, 0.5) is 4.79 Å². The molecule has 1 aromatic carbocycles. The van der Waals surface area contributed by atoms with Gasteiger partial charge in [0.2, 0.25) is 0 Å². The standard InChI is InChI=1S/C16H24N2O3/c1-16(2,3)21-15(20)18-9-13(10-18)17-14(11-19)12-7-5-4-6-8-12/h4-8,13-14,17,19H,9-11H2,1-3H3/t14-/m0/s1. The third-order valence-corrected chi connectivity index (χ3v) is 3.35. The largest absolute Gasteiger partial charge is 0.444 e. The fourth-order valence-corrected chi connectivity index (χ4v) is 2.28. The lowest BCUT2D eigenvalue weighted by Gasteiger charge is -2.41. The zero-order valence-electron chi connectivity index (χ0n) is 12.9. The van der Waals surface area contributed by atoms with Crippen molar-refractivity contribution in [2.45, 2.75) is 38.5 Å². The van der Waals surface area contributed by atoms with Crippen LogP contribution < -0.4 is 5.32 Å². The van der Waals surface area contributed by atoms with Crippen LogP contribution in [0.1, 0.15) is 32.4 Å². The van der Waals surface area contributed by atoms with Crippen LogP contribution in [-0.4, -0.2) is 47.4 Å². The van der Waals surface area contributed by atoms with Gasteiger partial charge in [0.15, 0.2) is 0 Å². The lowest BCUT2D eigenvalue weighted by atomic mass is 10.0. The lowest BCUT2D eigenvalue weighted by molar-refractivity contribution is 0.00335. The van der Waals surface area contributed by atoms with Gasteiger partial charge in [-0.05, 0) is 26.3 Å². The summed E-state index contributed by atoms with van der Waals surface area (Å²) in [5.41, 5.74) is 0.587. The maximum absolute atomic E-state index is 11.8. The molecule has 5 nitrogen and oxygen atoms in total. The molecular weight excluding hydrogens is 268 g/mol. The summed E-state index contributed by atoms with van der Waals surface area (Å²) >= 11 is 0. The van der Waals surface area contributed by atoms with Gasteiger partial charge in [-0.1, -0.05) is 30.3 Å². The highest BCUT2D eigenvalue weighted by atomic mass is 16.6. The Bertz CT molecular complexity index is 464. The molecule has 116 valence electrons. The van der Waals surface area contributed by atoms with E-state index in [-0.39, 0.29) is 24.8 Å². The molecule has 2 N–H and O–H groups in total. The van der Waals surface area contributed by atoms with E-state index in [2.05, 4.69) is 5.32 Å². The van der Waals surface area contributed by atoms with E-state index in [1.807, 2.05) is 51.1 Å². The summed E-state index contributed by atoms with van der Waals surface area (Å²) in [7, 11) is 0. The predicted octanol–water partition coefficient (Wildman–Crippen LogP) is 1.93. The number of aliphatic hydroxyl groups is 1. The number of nitrogens with one attached hydrogen (secondary N) is 1. The number of carbonyl (C=O) groups is 1. The summed E-state index contributed by atoms with van der Waals surface area (Å²) in [6.07, 6.45) is -0.277. The van der Waals surface area contributed by atoms with Crippen LogP contribution in [0.3, 0.4) is 0 Å². The Morgan fingerprint density at radius 3 is 2.52 bits per heavy atom. The summed E-state index contributed by atoms with van der Waals surface area (Å²) in [5, 5.41) is 12.9. The van der Waals surface area contributed by atoms with Gasteiger partial charge in [-0.3, -0.25) is 0 Å². The third kappa shape index (κ3) is 4.44. The van der Waals surface area contributed by atoms with E-state index in [9.17, 15) is 9.90 Å². The van der Waals surface area contributed by atoms with E-state index < -0.39 is 5.60 Å². The highest BCUT2D eigenvalue weighted by Gasteiger charge is 2.34. The first-order chi connectivity index (χ1) is 9.89. The first-order valence-corrected chi connectivity index (χ1v) is 7.29. The van der Waals surface area contributed by atoms with Gasteiger partial charge >= 0.3 is 6.09 Å². The molecule has 1 heterocycles. The van der Waals surface area contributed by atoms with Gasteiger partial charge in [-0.15, -0.1) is 0 Å². The zero-order chi connectivity index (χ0) is 15.5. The summed E-state index contributed by atoms with van der Waals surface area (Å²) in [6.45, 7) is 6.83. The molecule has 1 aromatic rings. The Morgan fingerprint density at radius 1 is 1.38 bits per heavy atom. The average molecular weight is 292 g/mol. The minimum atomic E-state index is -0.465. The number of hydrogen-bond acceptors (Lipinski definition) is 4. The second-order valence-electron chi connectivity index (χ2n) is 6.39. The van der Waals surface area contributed by atoms with Crippen molar-refractivity contribution in [1.82, 2.24) is 10.2 Å². The van der Waals surface area contributed by atoms with Crippen molar-refractivity contribution in [2.75, 3.05) is 19.7 Å². The van der Waals surface area contributed by atoms with Crippen molar-refractivity contribution in [3.63, 3.8) is 0 Å². The molecule has 1 saturated heterocycles. The maximum atomic E-state index is 11.8. The number of hydrogen-bond donors (Lipinski definition) is 2. The van der Waals surface area contributed by atoms with E-state index in [1.54, 1.807) is 4.90 Å². The molecule has 1 amide bonds. The highest BCUT2D eigenvalue weighted by molar-refractivity contribution is 5.69. The molecule has 0 spiro atoms. The first-order valence-electron chi connectivity index (χ1n) is 7.29. The van der Waals surface area contributed by atoms with Gasteiger partial charge < -0.3 is 20.1 Å². The van der Waals surface area contributed by atoms with Gasteiger partial charge in [0.05, 0.1) is 12.6 Å². The van der Waals surface area contributed by atoms with Gasteiger partial charge in [-0.2, -0.15) is 0 Å². The molecule has 1 atom stereocenters. The van der Waals surface area contributed by atoms with Crippen molar-refractivity contribution in [1.29, 1.82) is 0 Å². The van der Waals surface area contributed by atoms with Crippen LogP contribution in [0.5, 0.6) is 0 Å². The summed E-state index contributed by atoms with van der Waals surface area (Å²) in [4.78, 5) is 13.5. The Morgan fingerprint density at radius 2 is 2.00 bits per heavy atom. The molecule has 21 heavy (non-hydrogen) atoms. The number of amides is 1. The SMILES string of the molecule is CC(C)(C)OC(=O)N1CC(N[C@@H](CO)c2ccccc2)C1. The maximum Gasteiger partial charge on any atom is 0.410 e. The zero-order valence-corrected chi connectivity index (χ0v) is 12.9. The fourth-order valence-electron chi connectivity index (χ4n) is 2.28. The minimum Gasteiger partial charge on any atom is -0.444 e. The molecule has 0 aromatic heterocycles. The molecule has 5 heteroatoms. The Kier molecular flexibility index (Phi) is 4.85. The molecule has 0 aliphatic carbocycles. The first kappa shape index (κ1) is 15.8. The van der Waals surface area contributed by atoms with Gasteiger partial charge in [0.25, 0.3) is 0 Å². The number of benzene rings is 1. The van der Waals surface area contributed by atoms with Crippen molar-refractivity contribution in [3.8, 4) is 0 Å². The Balaban J connectivity index is 1.81. The minimum absolute atomic E-state index is 0.0347. The van der Waals surface area contributed by atoms with Gasteiger partial charge in [0, 0.05) is 19.1 Å². The monoisotopic (exact) mass is 292 g/mol. The molecule has 0 unspecified atom stereocenters. The number of nitrogens with zero attached hydrogens (tertiary/aromatic N) is 1. The lowest BCUT2D eigenvalue weighted by Crippen LogP contribution is -2.61. The molecule has 0 radical (unpaired) electrons. The summed E-state index contributed by atoms with van der Waals surface area (Å²) in [6, 6.07) is 9.91. The van der Waals surface area contributed by atoms with Crippen molar-refractivity contribution in [2.24, 2.45) is 0 Å². The van der Waals surface area contributed by atoms with E-state index in [4.69, 9.17) is 4.74 Å². The van der Waals surface area contributed by atoms with Crippen LogP contribution in [0.15, 0.2) is 30.3 Å². The fraction of sp³-hybridized carbons (Fsp3) is 0.562. The average Bonchev–Trinajstić information content (AvgIpc) is 2.36. The second kappa shape index (κ2) is 6.45. The Labute approximate surface area is 125 Å². The van der Waals surface area contributed by atoms with E-state index >= 15 is 0 Å². The van der Waals surface area contributed by atoms with Crippen LogP contribution in [0.2, 0.25) is 0 Å². The van der Waals surface area contributed by atoms with Crippen LogP contribution in [0, 0.1) is 0 Å². The van der Waals surface area contributed by atoms with Crippen molar-refractivity contribution >= 4 is 6.09 Å². The molecular formula is C16H24N2O3. The molecule has 2 rings (SSSR count). The number of rotatable bonds is 4. The van der Waals surface area contributed by atoms with E-state index in [0.29, 0.717) is 13.1 Å². The smallest absolute Gasteiger partial charge is 0.410 e. The topological polar surface area (TPSA) is 61.8 Å². The molecule has 1 aliphatic rings. The Hall–Kier alpha value is -1.59. The second-order valence-corrected chi connectivity index (χ2v) is 6.39. The number of ether oxygens (including phenoxy) is 1. The summed E-state index contributed by atoms with van der Waals surface area (Å²) < 4.78 is 5.32. The number of aliphatic hydroxyl groups excluding tert-OH is 1. The molecule has 1 aliphatic heterocycles. The molecule has 0 saturated carbocycles. The third-order valence-electron chi connectivity index (χ3n) is 3.35.